The molecule has 172 valence electrons. The van der Waals surface area contributed by atoms with E-state index in [1.807, 2.05) is 18.2 Å². The number of carbonyl (C=O) groups is 1. The number of aromatic nitrogens is 2. The zero-order valence-corrected chi connectivity index (χ0v) is 19.7. The van der Waals surface area contributed by atoms with Gasteiger partial charge in [0, 0.05) is 24.5 Å². The highest BCUT2D eigenvalue weighted by molar-refractivity contribution is 6.34. The van der Waals surface area contributed by atoms with Crippen LogP contribution in [0.25, 0.3) is 0 Å². The molecule has 0 spiro atoms. The van der Waals surface area contributed by atoms with Gasteiger partial charge in [-0.3, -0.25) is 4.79 Å². The van der Waals surface area contributed by atoms with Gasteiger partial charge in [-0.25, -0.2) is 9.97 Å². The fourth-order valence-corrected chi connectivity index (χ4v) is 5.24. The summed E-state index contributed by atoms with van der Waals surface area (Å²) in [7, 11) is 0. The largest absolute Gasteiger partial charge is 0.388 e. The monoisotopic (exact) mass is 476 g/mol. The van der Waals surface area contributed by atoms with Crippen LogP contribution in [-0.2, 0) is 6.54 Å². The van der Waals surface area contributed by atoms with Crippen LogP contribution in [0.15, 0.2) is 30.5 Å². The van der Waals surface area contributed by atoms with Gasteiger partial charge in [0.05, 0.1) is 28.4 Å². The van der Waals surface area contributed by atoms with Crippen molar-refractivity contribution in [1.29, 1.82) is 0 Å². The highest BCUT2D eigenvalue weighted by atomic mass is 35.5. The van der Waals surface area contributed by atoms with Gasteiger partial charge >= 0.3 is 0 Å². The van der Waals surface area contributed by atoms with Crippen molar-refractivity contribution in [3.63, 3.8) is 0 Å². The van der Waals surface area contributed by atoms with E-state index in [-0.39, 0.29) is 17.7 Å². The van der Waals surface area contributed by atoms with Crippen LogP contribution < -0.4 is 10.2 Å². The fraction of sp³-hybridized carbons (Fsp3) is 0.542. The summed E-state index contributed by atoms with van der Waals surface area (Å²) < 4.78 is 0. The minimum Gasteiger partial charge on any atom is -0.388 e. The number of rotatable bonds is 7. The average Bonchev–Trinajstić information content (AvgIpc) is 3.32. The number of aliphatic hydroxyl groups is 1. The maximum atomic E-state index is 13.0. The second-order valence-corrected chi connectivity index (χ2v) is 9.76. The maximum absolute atomic E-state index is 13.0. The van der Waals surface area contributed by atoms with E-state index in [1.54, 1.807) is 12.3 Å². The van der Waals surface area contributed by atoms with E-state index < -0.39 is 5.60 Å². The van der Waals surface area contributed by atoms with Crippen molar-refractivity contribution in [3.8, 4) is 0 Å². The molecule has 1 aromatic carbocycles. The second-order valence-electron chi connectivity index (χ2n) is 9.02. The molecule has 0 atom stereocenters. The predicted molar refractivity (Wildman–Crippen MR) is 127 cm³/mol. The summed E-state index contributed by atoms with van der Waals surface area (Å²) in [6.07, 6.45) is 10.8. The molecule has 2 aliphatic carbocycles. The Kier molecular flexibility index (Phi) is 7.54. The van der Waals surface area contributed by atoms with Crippen LogP contribution in [0.2, 0.25) is 10.3 Å². The molecule has 0 aliphatic heterocycles. The van der Waals surface area contributed by atoms with Crippen molar-refractivity contribution in [2.75, 3.05) is 11.4 Å². The summed E-state index contributed by atoms with van der Waals surface area (Å²) >= 11 is 12.4. The van der Waals surface area contributed by atoms with Crippen molar-refractivity contribution in [2.24, 2.45) is 0 Å². The standard InChI is InChI=1S/C24H30Cl2N4O2/c25-21-9-8-19(14-20(21)22(31)28-16-24(32)11-4-1-5-12-24)30(18-6-2-3-7-18)15-17-10-13-27-23(26)29-17/h8-10,13-14,18,32H,1-7,11-12,15-16H2,(H,28,31). The Morgan fingerprint density at radius 2 is 1.88 bits per heavy atom. The third-order valence-corrected chi connectivity index (χ3v) is 7.18. The van der Waals surface area contributed by atoms with Crippen LogP contribution in [0.1, 0.15) is 73.8 Å². The van der Waals surface area contributed by atoms with Crippen LogP contribution in [0.4, 0.5) is 5.69 Å². The van der Waals surface area contributed by atoms with E-state index in [2.05, 4.69) is 20.2 Å². The molecule has 0 saturated heterocycles. The molecule has 2 N–H and O–H groups in total. The van der Waals surface area contributed by atoms with Crippen molar-refractivity contribution >= 4 is 34.8 Å². The smallest absolute Gasteiger partial charge is 0.252 e. The van der Waals surface area contributed by atoms with E-state index in [0.717, 1.165) is 56.3 Å². The molecule has 2 saturated carbocycles. The molecule has 32 heavy (non-hydrogen) atoms. The lowest BCUT2D eigenvalue weighted by atomic mass is 9.85. The van der Waals surface area contributed by atoms with Crippen LogP contribution >= 0.6 is 23.2 Å². The molecule has 1 aromatic heterocycles. The number of hydrogen-bond acceptors (Lipinski definition) is 5. The van der Waals surface area contributed by atoms with Gasteiger partial charge in [0.25, 0.3) is 5.91 Å². The summed E-state index contributed by atoms with van der Waals surface area (Å²) in [6.45, 7) is 0.827. The molecule has 8 heteroatoms. The summed E-state index contributed by atoms with van der Waals surface area (Å²) in [4.78, 5) is 23.6. The van der Waals surface area contributed by atoms with Crippen LogP contribution in [0.5, 0.6) is 0 Å². The number of hydrogen-bond donors (Lipinski definition) is 2. The molecule has 1 amide bonds. The third kappa shape index (κ3) is 5.72. The van der Waals surface area contributed by atoms with E-state index in [0.29, 0.717) is 23.2 Å². The first-order chi connectivity index (χ1) is 15.4. The lowest BCUT2D eigenvalue weighted by molar-refractivity contribution is 0.00526. The van der Waals surface area contributed by atoms with Gasteiger partial charge in [-0.2, -0.15) is 0 Å². The first kappa shape index (κ1) is 23.3. The molecule has 2 aliphatic rings. The normalized spacial score (nSPS) is 18.5. The highest BCUT2D eigenvalue weighted by Gasteiger charge is 2.30. The first-order valence-electron chi connectivity index (χ1n) is 11.5. The molecule has 0 bridgehead atoms. The Morgan fingerprint density at radius 3 is 2.59 bits per heavy atom. The second kappa shape index (κ2) is 10.4. The molecule has 0 unspecified atom stereocenters. The zero-order chi connectivity index (χ0) is 22.6. The van der Waals surface area contributed by atoms with Gasteiger partial charge in [-0.15, -0.1) is 0 Å². The Balaban J connectivity index is 1.54. The number of halogens is 2. The predicted octanol–water partition coefficient (Wildman–Crippen LogP) is 5.16. The van der Waals surface area contributed by atoms with E-state index >= 15 is 0 Å². The lowest BCUT2D eigenvalue weighted by Gasteiger charge is -2.32. The van der Waals surface area contributed by atoms with Crippen molar-refractivity contribution < 1.29 is 9.90 Å². The number of nitrogens with zero attached hydrogens (tertiary/aromatic N) is 3. The molecule has 2 fully saturated rings. The number of amides is 1. The molecule has 4 rings (SSSR count). The fourth-order valence-electron chi connectivity index (χ4n) is 4.87. The van der Waals surface area contributed by atoms with Gasteiger partial charge < -0.3 is 15.3 Å². The Bertz CT molecular complexity index is 943. The van der Waals surface area contributed by atoms with Gasteiger partial charge in [0.1, 0.15) is 0 Å². The van der Waals surface area contributed by atoms with Crippen molar-refractivity contribution in [3.05, 3.63) is 52.0 Å². The number of nitrogens with one attached hydrogen (secondary N) is 1. The van der Waals surface area contributed by atoms with Crippen molar-refractivity contribution in [1.82, 2.24) is 15.3 Å². The van der Waals surface area contributed by atoms with Gasteiger partial charge in [-0.1, -0.05) is 43.7 Å². The molecule has 2 aromatic rings. The Hall–Kier alpha value is -1.89. The van der Waals surface area contributed by atoms with Gasteiger partial charge in [0.2, 0.25) is 5.28 Å². The van der Waals surface area contributed by atoms with E-state index in [9.17, 15) is 9.90 Å². The maximum Gasteiger partial charge on any atom is 0.252 e. The van der Waals surface area contributed by atoms with Crippen LogP contribution in [0.3, 0.4) is 0 Å². The number of anilines is 1. The van der Waals surface area contributed by atoms with Gasteiger partial charge in [0.15, 0.2) is 0 Å². The first-order valence-corrected chi connectivity index (χ1v) is 12.2. The quantitative estimate of drug-likeness (QED) is 0.539. The topological polar surface area (TPSA) is 78.4 Å². The third-order valence-electron chi connectivity index (χ3n) is 6.67. The Morgan fingerprint density at radius 1 is 1.12 bits per heavy atom. The molecule has 6 nitrogen and oxygen atoms in total. The average molecular weight is 477 g/mol. The summed E-state index contributed by atoms with van der Waals surface area (Å²) in [5.74, 6) is -0.257. The molecule has 1 heterocycles. The molecule has 0 radical (unpaired) electrons. The van der Waals surface area contributed by atoms with Crippen LogP contribution in [0, 0.1) is 0 Å². The SMILES string of the molecule is O=C(NCC1(O)CCCCC1)c1cc(N(Cc2ccnc(Cl)n2)C2CCCC2)ccc1Cl. The highest BCUT2D eigenvalue weighted by Crippen LogP contribution is 2.32. The zero-order valence-electron chi connectivity index (χ0n) is 18.2. The van der Waals surface area contributed by atoms with Gasteiger partial charge in [-0.05, 0) is 61.5 Å². The number of benzene rings is 1. The minimum atomic E-state index is -0.819. The van der Waals surface area contributed by atoms with E-state index in [1.165, 1.54) is 12.8 Å². The number of carbonyl (C=O) groups excluding carboxylic acids is 1. The molecular formula is C24H30Cl2N4O2. The van der Waals surface area contributed by atoms with Crippen LogP contribution in [-0.4, -0.2) is 39.2 Å². The summed E-state index contributed by atoms with van der Waals surface area (Å²) in [5.41, 5.74) is 1.36. The van der Waals surface area contributed by atoms with Crippen molar-refractivity contribution in [2.45, 2.75) is 76.0 Å². The lowest BCUT2D eigenvalue weighted by Crippen LogP contribution is -2.44. The van der Waals surface area contributed by atoms with E-state index in [4.69, 9.17) is 23.2 Å². The molecular weight excluding hydrogens is 447 g/mol. The summed E-state index contributed by atoms with van der Waals surface area (Å²) in [6, 6.07) is 7.81. The minimum absolute atomic E-state index is 0.227. The Labute approximate surface area is 199 Å². The summed E-state index contributed by atoms with van der Waals surface area (Å²) in [5, 5.41) is 14.3.